The van der Waals surface area contributed by atoms with Gasteiger partial charge in [-0.15, -0.1) is 0 Å². The lowest BCUT2D eigenvalue weighted by molar-refractivity contribution is -0.192. The average Bonchev–Trinajstić information content (AvgIpc) is 3.14. The minimum absolute atomic E-state index is 0.120. The number of benzene rings is 2. The minimum Gasteiger partial charge on any atom is -0.478 e. The van der Waals surface area contributed by atoms with Crippen LogP contribution in [0, 0.1) is 13.8 Å². The van der Waals surface area contributed by atoms with Crippen LogP contribution in [0.2, 0.25) is 5.02 Å². The molecule has 0 aliphatic carbocycles. The Morgan fingerprint density at radius 2 is 1.74 bits per heavy atom. The standard InChI is InChI=1S/C24H27ClN4O3.C2HF3O2/c1-5-29-16(3)20(15(2)27-29)11-12-28(4)22-10-9-19(14-21(22)24(31)32)26-23(30)17-7-6-8-18(25)13-17;3-2(4,5)1(6)7/h6-10,13-14H,5,11-12H2,1-4H3,(H,26,30)(H,31,32);(H,6,7). The van der Waals surface area contributed by atoms with Gasteiger partial charge in [0.05, 0.1) is 16.9 Å². The lowest BCUT2D eigenvalue weighted by Crippen LogP contribution is -2.23. The lowest BCUT2D eigenvalue weighted by Gasteiger charge is -2.22. The highest BCUT2D eigenvalue weighted by Gasteiger charge is 2.38. The third kappa shape index (κ3) is 8.47. The highest BCUT2D eigenvalue weighted by Crippen LogP contribution is 2.25. The third-order valence-corrected chi connectivity index (χ3v) is 5.99. The first-order chi connectivity index (χ1) is 18.1. The van der Waals surface area contributed by atoms with Crippen LogP contribution in [0.25, 0.3) is 0 Å². The Hall–Kier alpha value is -4.06. The monoisotopic (exact) mass is 568 g/mol. The van der Waals surface area contributed by atoms with Crippen molar-refractivity contribution in [3.05, 3.63) is 75.6 Å². The van der Waals surface area contributed by atoms with Crippen molar-refractivity contribution in [2.45, 2.75) is 39.9 Å². The summed E-state index contributed by atoms with van der Waals surface area (Å²) < 4.78 is 33.7. The Kier molecular flexibility index (Phi) is 10.5. The molecule has 1 heterocycles. The lowest BCUT2D eigenvalue weighted by atomic mass is 10.1. The summed E-state index contributed by atoms with van der Waals surface area (Å²) in [5, 5.41) is 24.6. The van der Waals surface area contributed by atoms with Crippen LogP contribution in [-0.2, 0) is 17.8 Å². The predicted molar refractivity (Wildman–Crippen MR) is 141 cm³/mol. The zero-order chi connectivity index (χ0) is 29.5. The molecule has 9 nitrogen and oxygen atoms in total. The number of alkyl halides is 3. The number of aromatic nitrogens is 2. The number of rotatable bonds is 8. The van der Waals surface area contributed by atoms with E-state index in [1.165, 1.54) is 11.6 Å². The smallest absolute Gasteiger partial charge is 0.478 e. The van der Waals surface area contributed by atoms with E-state index < -0.39 is 18.1 Å². The number of carboxylic acids is 2. The van der Waals surface area contributed by atoms with E-state index >= 15 is 0 Å². The number of amides is 1. The zero-order valence-corrected chi connectivity index (χ0v) is 22.4. The number of aryl methyl sites for hydroxylation is 2. The van der Waals surface area contributed by atoms with Crippen molar-refractivity contribution in [1.82, 2.24) is 9.78 Å². The van der Waals surface area contributed by atoms with Gasteiger partial charge in [0, 0.05) is 42.1 Å². The van der Waals surface area contributed by atoms with E-state index in [2.05, 4.69) is 24.3 Å². The Bertz CT molecular complexity index is 1360. The molecule has 3 aromatic rings. The van der Waals surface area contributed by atoms with E-state index in [-0.39, 0.29) is 11.5 Å². The van der Waals surface area contributed by atoms with Gasteiger partial charge in [0.2, 0.25) is 0 Å². The van der Waals surface area contributed by atoms with E-state index in [0.29, 0.717) is 28.5 Å². The number of carboxylic acid groups (broad SMARTS) is 2. The van der Waals surface area contributed by atoms with Crippen molar-refractivity contribution in [2.24, 2.45) is 0 Å². The number of carbonyl (C=O) groups is 3. The number of hydrogen-bond donors (Lipinski definition) is 3. The number of nitrogens with zero attached hydrogens (tertiary/aromatic N) is 3. The molecule has 0 aliphatic heterocycles. The number of hydrogen-bond acceptors (Lipinski definition) is 5. The number of anilines is 2. The van der Waals surface area contributed by atoms with Crippen LogP contribution in [0.5, 0.6) is 0 Å². The van der Waals surface area contributed by atoms with Crippen molar-refractivity contribution in [2.75, 3.05) is 23.8 Å². The molecule has 0 unspecified atom stereocenters. The molecule has 3 N–H and O–H groups in total. The van der Waals surface area contributed by atoms with Gasteiger partial charge in [0.15, 0.2) is 0 Å². The number of likely N-dealkylation sites (N-methyl/N-ethyl adjacent to an activating group) is 1. The van der Waals surface area contributed by atoms with Crippen LogP contribution >= 0.6 is 11.6 Å². The van der Waals surface area contributed by atoms with E-state index in [9.17, 15) is 27.9 Å². The summed E-state index contributed by atoms with van der Waals surface area (Å²) in [6.45, 7) is 7.55. The van der Waals surface area contributed by atoms with E-state index in [4.69, 9.17) is 21.5 Å². The molecule has 0 aliphatic rings. The predicted octanol–water partition coefficient (Wildman–Crippen LogP) is 5.44. The molecular weight excluding hydrogens is 541 g/mol. The fourth-order valence-electron chi connectivity index (χ4n) is 3.75. The summed E-state index contributed by atoms with van der Waals surface area (Å²) in [6, 6.07) is 11.5. The Morgan fingerprint density at radius 1 is 1.10 bits per heavy atom. The van der Waals surface area contributed by atoms with Crippen molar-refractivity contribution < 1.29 is 37.8 Å². The van der Waals surface area contributed by atoms with E-state index in [1.807, 2.05) is 23.6 Å². The molecule has 0 radical (unpaired) electrons. The van der Waals surface area contributed by atoms with Gasteiger partial charge in [-0.3, -0.25) is 9.48 Å². The van der Waals surface area contributed by atoms with E-state index in [1.54, 1.807) is 36.4 Å². The van der Waals surface area contributed by atoms with Gasteiger partial charge in [-0.05, 0) is 69.2 Å². The first-order valence-electron chi connectivity index (χ1n) is 11.6. The van der Waals surface area contributed by atoms with Gasteiger partial charge >= 0.3 is 18.1 Å². The molecule has 1 aromatic heterocycles. The second kappa shape index (κ2) is 13.1. The van der Waals surface area contributed by atoms with Crippen molar-refractivity contribution in [1.29, 1.82) is 0 Å². The van der Waals surface area contributed by atoms with Crippen LogP contribution in [0.15, 0.2) is 42.5 Å². The fourth-order valence-corrected chi connectivity index (χ4v) is 3.94. The number of nitrogens with one attached hydrogen (secondary N) is 1. The Labute approximate surface area is 227 Å². The molecule has 0 atom stereocenters. The fraction of sp³-hybridized carbons (Fsp3) is 0.308. The highest BCUT2D eigenvalue weighted by atomic mass is 35.5. The van der Waals surface area contributed by atoms with Crippen molar-refractivity contribution in [3.8, 4) is 0 Å². The number of aliphatic carboxylic acids is 1. The van der Waals surface area contributed by atoms with Gasteiger partial charge in [0.25, 0.3) is 5.91 Å². The van der Waals surface area contributed by atoms with Crippen LogP contribution in [0.3, 0.4) is 0 Å². The van der Waals surface area contributed by atoms with E-state index in [0.717, 1.165) is 24.4 Å². The maximum Gasteiger partial charge on any atom is 0.490 e. The molecule has 0 spiro atoms. The normalized spacial score (nSPS) is 10.9. The molecule has 2 aromatic carbocycles. The summed E-state index contributed by atoms with van der Waals surface area (Å²) in [7, 11) is 1.86. The molecule has 3 rings (SSSR count). The van der Waals surface area contributed by atoms with Gasteiger partial charge in [0.1, 0.15) is 0 Å². The van der Waals surface area contributed by atoms with Crippen molar-refractivity contribution >= 4 is 40.8 Å². The maximum absolute atomic E-state index is 12.5. The molecule has 0 bridgehead atoms. The van der Waals surface area contributed by atoms with Crippen LogP contribution in [0.4, 0.5) is 24.5 Å². The molecule has 1 amide bonds. The second-order valence-corrected chi connectivity index (χ2v) is 8.88. The number of halogens is 4. The summed E-state index contributed by atoms with van der Waals surface area (Å²) in [6.07, 6.45) is -4.33. The number of aromatic carboxylic acids is 1. The summed E-state index contributed by atoms with van der Waals surface area (Å²) >= 11 is 5.95. The molecule has 0 fully saturated rings. The van der Waals surface area contributed by atoms with Gasteiger partial charge in [-0.25, -0.2) is 9.59 Å². The molecule has 0 saturated heterocycles. The van der Waals surface area contributed by atoms with Crippen LogP contribution < -0.4 is 10.2 Å². The SMILES string of the molecule is CCn1nc(C)c(CCN(C)c2ccc(NC(=O)c3cccc(Cl)c3)cc2C(=O)O)c1C.O=C(O)C(F)(F)F. The number of carbonyl (C=O) groups excluding carboxylic acids is 1. The maximum atomic E-state index is 12.5. The van der Waals surface area contributed by atoms with Gasteiger partial charge < -0.3 is 20.4 Å². The molecular formula is C26H28ClF3N4O5. The zero-order valence-electron chi connectivity index (χ0n) is 21.6. The quantitative estimate of drug-likeness (QED) is 0.331. The first kappa shape index (κ1) is 31.2. The van der Waals surface area contributed by atoms with Gasteiger partial charge in [-0.1, -0.05) is 17.7 Å². The summed E-state index contributed by atoms with van der Waals surface area (Å²) in [5.74, 6) is -4.17. The molecule has 210 valence electrons. The third-order valence-electron chi connectivity index (χ3n) is 5.75. The molecule has 13 heteroatoms. The highest BCUT2D eigenvalue weighted by molar-refractivity contribution is 6.31. The van der Waals surface area contributed by atoms with Crippen molar-refractivity contribution in [3.63, 3.8) is 0 Å². The molecule has 39 heavy (non-hydrogen) atoms. The summed E-state index contributed by atoms with van der Waals surface area (Å²) in [4.78, 5) is 35.2. The largest absolute Gasteiger partial charge is 0.490 e. The first-order valence-corrected chi connectivity index (χ1v) is 12.0. The average molecular weight is 569 g/mol. The Balaban J connectivity index is 0.000000673. The molecule has 0 saturated carbocycles. The van der Waals surface area contributed by atoms with Crippen LogP contribution in [0.1, 0.15) is 44.6 Å². The van der Waals surface area contributed by atoms with Crippen LogP contribution in [-0.4, -0.2) is 57.6 Å². The summed E-state index contributed by atoms with van der Waals surface area (Å²) in [5.41, 5.74) is 4.81. The van der Waals surface area contributed by atoms with Gasteiger partial charge in [-0.2, -0.15) is 18.3 Å². The Morgan fingerprint density at radius 3 is 2.26 bits per heavy atom. The topological polar surface area (TPSA) is 125 Å². The second-order valence-electron chi connectivity index (χ2n) is 8.44. The minimum atomic E-state index is -5.08.